The van der Waals surface area contributed by atoms with Gasteiger partial charge in [-0.15, -0.1) is 0 Å². The van der Waals surface area contributed by atoms with Crippen molar-refractivity contribution in [3.05, 3.63) is 64.4 Å². The Kier molecular flexibility index (Phi) is 5.83. The van der Waals surface area contributed by atoms with Gasteiger partial charge >= 0.3 is 0 Å². The summed E-state index contributed by atoms with van der Waals surface area (Å²) in [6, 6.07) is 11.8. The third-order valence-electron chi connectivity index (χ3n) is 5.20. The first-order valence-corrected chi connectivity index (χ1v) is 10.1. The van der Waals surface area contributed by atoms with Gasteiger partial charge in [0.15, 0.2) is 0 Å². The maximum absolute atomic E-state index is 14.2. The van der Waals surface area contributed by atoms with E-state index in [2.05, 4.69) is 0 Å². The zero-order chi connectivity index (χ0) is 19.5. The lowest BCUT2D eigenvalue weighted by Gasteiger charge is -2.23. The van der Waals surface area contributed by atoms with Crippen LogP contribution >= 0.6 is 11.6 Å². The zero-order valence-corrected chi connectivity index (χ0v) is 16.3. The second-order valence-electron chi connectivity index (χ2n) is 7.33. The maximum atomic E-state index is 14.2. The van der Waals surface area contributed by atoms with E-state index in [1.807, 2.05) is 0 Å². The van der Waals surface area contributed by atoms with Gasteiger partial charge < -0.3 is 14.4 Å². The van der Waals surface area contributed by atoms with Crippen LogP contribution in [0.3, 0.4) is 0 Å². The SMILES string of the molecule is O=C(c1ccc(OC[C@H]2CCCO2)cc1)N(Cc1c(F)cccc1Cl)C1CC1. The van der Waals surface area contributed by atoms with Gasteiger partial charge in [-0.1, -0.05) is 17.7 Å². The first-order chi connectivity index (χ1) is 13.6. The number of benzene rings is 2. The molecule has 1 atom stereocenters. The second kappa shape index (κ2) is 8.50. The molecule has 1 aliphatic carbocycles. The quantitative estimate of drug-likeness (QED) is 0.663. The van der Waals surface area contributed by atoms with Crippen molar-refractivity contribution in [2.45, 2.75) is 44.4 Å². The van der Waals surface area contributed by atoms with Crippen LogP contribution in [0, 0.1) is 5.82 Å². The predicted molar refractivity (Wildman–Crippen MR) is 105 cm³/mol. The molecule has 0 spiro atoms. The van der Waals surface area contributed by atoms with E-state index in [1.54, 1.807) is 41.3 Å². The number of nitrogens with zero attached hydrogens (tertiary/aromatic N) is 1. The molecule has 4 nitrogen and oxygen atoms in total. The highest BCUT2D eigenvalue weighted by atomic mass is 35.5. The summed E-state index contributed by atoms with van der Waals surface area (Å²) in [6.07, 6.45) is 4.11. The van der Waals surface area contributed by atoms with Crippen LogP contribution in [0.5, 0.6) is 5.75 Å². The van der Waals surface area contributed by atoms with Crippen molar-refractivity contribution >= 4 is 17.5 Å². The number of amides is 1. The Balaban J connectivity index is 1.43. The van der Waals surface area contributed by atoms with Crippen molar-refractivity contribution in [2.24, 2.45) is 0 Å². The molecule has 6 heteroatoms. The van der Waals surface area contributed by atoms with Crippen molar-refractivity contribution in [2.75, 3.05) is 13.2 Å². The summed E-state index contributed by atoms with van der Waals surface area (Å²) in [4.78, 5) is 14.7. The summed E-state index contributed by atoms with van der Waals surface area (Å²) in [5.74, 6) is 0.207. The molecule has 1 saturated carbocycles. The van der Waals surface area contributed by atoms with E-state index < -0.39 is 0 Å². The van der Waals surface area contributed by atoms with Gasteiger partial charge in [-0.3, -0.25) is 4.79 Å². The Hall–Kier alpha value is -2.11. The van der Waals surface area contributed by atoms with Crippen LogP contribution in [0.15, 0.2) is 42.5 Å². The number of carbonyl (C=O) groups excluding carboxylic acids is 1. The van der Waals surface area contributed by atoms with Crippen molar-refractivity contribution < 1.29 is 18.7 Å². The molecular weight excluding hydrogens is 381 g/mol. The minimum atomic E-state index is -0.385. The van der Waals surface area contributed by atoms with Crippen LogP contribution in [0.4, 0.5) is 4.39 Å². The zero-order valence-electron chi connectivity index (χ0n) is 15.6. The number of halogens is 2. The van der Waals surface area contributed by atoms with Crippen molar-refractivity contribution in [3.8, 4) is 5.75 Å². The number of rotatable bonds is 7. The fourth-order valence-corrected chi connectivity index (χ4v) is 3.65. The van der Waals surface area contributed by atoms with Gasteiger partial charge in [-0.2, -0.15) is 0 Å². The lowest BCUT2D eigenvalue weighted by atomic mass is 10.1. The summed E-state index contributed by atoms with van der Waals surface area (Å²) >= 11 is 6.15. The van der Waals surface area contributed by atoms with Crippen molar-refractivity contribution in [1.29, 1.82) is 0 Å². The van der Waals surface area contributed by atoms with Crippen LogP contribution in [-0.4, -0.2) is 36.2 Å². The van der Waals surface area contributed by atoms with Gasteiger partial charge in [0.1, 0.15) is 18.2 Å². The molecule has 1 amide bonds. The first-order valence-electron chi connectivity index (χ1n) is 9.70. The van der Waals surface area contributed by atoms with Crippen molar-refractivity contribution in [3.63, 3.8) is 0 Å². The first kappa shape index (κ1) is 19.2. The summed E-state index contributed by atoms with van der Waals surface area (Å²) in [5.41, 5.74) is 0.921. The van der Waals surface area contributed by atoms with Crippen LogP contribution in [0.2, 0.25) is 5.02 Å². The molecule has 0 N–H and O–H groups in total. The van der Waals surface area contributed by atoms with E-state index in [9.17, 15) is 9.18 Å². The summed E-state index contributed by atoms with van der Waals surface area (Å²) < 4.78 is 25.5. The van der Waals surface area contributed by atoms with Crippen LogP contribution < -0.4 is 4.74 Å². The van der Waals surface area contributed by atoms with Gasteiger partial charge in [-0.25, -0.2) is 4.39 Å². The topological polar surface area (TPSA) is 38.8 Å². The fraction of sp³-hybridized carbons (Fsp3) is 0.409. The van der Waals surface area contributed by atoms with E-state index in [0.29, 0.717) is 28.5 Å². The molecular formula is C22H23ClFNO3. The molecule has 1 heterocycles. The van der Waals surface area contributed by atoms with Gasteiger partial charge in [0.25, 0.3) is 5.91 Å². The maximum Gasteiger partial charge on any atom is 0.254 e. The van der Waals surface area contributed by atoms with Gasteiger partial charge in [0, 0.05) is 28.8 Å². The van der Waals surface area contributed by atoms with Crippen molar-refractivity contribution in [1.82, 2.24) is 4.90 Å². The Morgan fingerprint density at radius 3 is 2.61 bits per heavy atom. The average molecular weight is 404 g/mol. The Morgan fingerprint density at radius 2 is 1.96 bits per heavy atom. The minimum absolute atomic E-state index is 0.118. The molecule has 0 unspecified atom stereocenters. The normalized spacial score (nSPS) is 18.9. The fourth-order valence-electron chi connectivity index (χ4n) is 3.43. The summed E-state index contributed by atoms with van der Waals surface area (Å²) in [5, 5.41) is 0.344. The lowest BCUT2D eigenvalue weighted by Crippen LogP contribution is -2.33. The van der Waals surface area contributed by atoms with Gasteiger partial charge in [0.2, 0.25) is 0 Å². The van der Waals surface area contributed by atoms with Crippen LogP contribution in [0.1, 0.15) is 41.6 Å². The van der Waals surface area contributed by atoms with E-state index in [-0.39, 0.29) is 30.4 Å². The molecule has 1 aliphatic heterocycles. The van der Waals surface area contributed by atoms with E-state index in [1.165, 1.54) is 6.07 Å². The van der Waals surface area contributed by atoms with Gasteiger partial charge in [0.05, 0.1) is 12.6 Å². The molecule has 28 heavy (non-hydrogen) atoms. The summed E-state index contributed by atoms with van der Waals surface area (Å²) in [6.45, 7) is 1.49. The molecule has 0 bridgehead atoms. The summed E-state index contributed by atoms with van der Waals surface area (Å²) in [7, 11) is 0. The van der Waals surface area contributed by atoms with E-state index >= 15 is 0 Å². The highest BCUT2D eigenvalue weighted by molar-refractivity contribution is 6.31. The van der Waals surface area contributed by atoms with Crippen LogP contribution in [-0.2, 0) is 11.3 Å². The third kappa shape index (κ3) is 4.47. The largest absolute Gasteiger partial charge is 0.491 e. The molecule has 4 rings (SSSR count). The predicted octanol–water partition coefficient (Wildman–Crippen LogP) is 4.84. The Labute approximate surface area is 169 Å². The van der Waals surface area contributed by atoms with Gasteiger partial charge in [-0.05, 0) is 62.1 Å². The molecule has 2 aromatic carbocycles. The average Bonchev–Trinajstić information content (AvgIpc) is 3.40. The molecule has 148 valence electrons. The monoisotopic (exact) mass is 403 g/mol. The molecule has 2 aromatic rings. The van der Waals surface area contributed by atoms with E-state index in [0.717, 1.165) is 32.3 Å². The number of carbonyl (C=O) groups is 1. The smallest absolute Gasteiger partial charge is 0.254 e. The lowest BCUT2D eigenvalue weighted by molar-refractivity contribution is 0.0678. The molecule has 2 fully saturated rings. The minimum Gasteiger partial charge on any atom is -0.491 e. The standard InChI is InChI=1S/C22H23ClFNO3/c23-20-4-1-5-21(24)19(20)13-25(16-8-9-16)22(26)15-6-10-17(11-7-15)28-14-18-3-2-12-27-18/h1,4-7,10-11,16,18H,2-3,8-9,12-14H2/t18-/m1/s1. The molecule has 0 radical (unpaired) electrons. The number of hydrogen-bond donors (Lipinski definition) is 0. The Morgan fingerprint density at radius 1 is 1.18 bits per heavy atom. The van der Waals surface area contributed by atoms with Crippen LogP contribution in [0.25, 0.3) is 0 Å². The second-order valence-corrected chi connectivity index (χ2v) is 7.74. The molecule has 1 saturated heterocycles. The highest BCUT2D eigenvalue weighted by Crippen LogP contribution is 2.32. The molecule has 2 aliphatic rings. The Bertz CT molecular complexity index is 812. The molecule has 0 aromatic heterocycles. The van der Waals surface area contributed by atoms with E-state index in [4.69, 9.17) is 21.1 Å². The third-order valence-corrected chi connectivity index (χ3v) is 5.55. The number of ether oxygens (including phenoxy) is 2. The number of hydrogen-bond acceptors (Lipinski definition) is 3. The highest BCUT2D eigenvalue weighted by Gasteiger charge is 2.34.